The van der Waals surface area contributed by atoms with E-state index in [0.29, 0.717) is 5.69 Å². The quantitative estimate of drug-likeness (QED) is 0.619. The van der Waals surface area contributed by atoms with Gasteiger partial charge in [-0.15, -0.1) is 0 Å². The van der Waals surface area contributed by atoms with Gasteiger partial charge in [-0.2, -0.15) is 0 Å². The fourth-order valence-corrected chi connectivity index (χ4v) is 2.04. The molecule has 1 aromatic heterocycles. The summed E-state index contributed by atoms with van der Waals surface area (Å²) >= 11 is 0. The Hall–Kier alpha value is -1.39. The van der Waals surface area contributed by atoms with Crippen LogP contribution >= 0.6 is 0 Å². The van der Waals surface area contributed by atoms with E-state index in [9.17, 15) is 10.1 Å². The first-order chi connectivity index (χ1) is 8.41. The summed E-state index contributed by atoms with van der Waals surface area (Å²) in [5.74, 6) is 0.801. The van der Waals surface area contributed by atoms with Crippen molar-refractivity contribution in [2.45, 2.75) is 61.4 Å². The van der Waals surface area contributed by atoms with Crippen molar-refractivity contribution in [1.82, 2.24) is 9.55 Å². The Kier molecular flexibility index (Phi) is 4.08. The van der Waals surface area contributed by atoms with Crippen molar-refractivity contribution < 1.29 is 4.92 Å². The van der Waals surface area contributed by atoms with Crippen LogP contribution < -0.4 is 0 Å². The molecule has 1 aromatic rings. The molecule has 0 saturated heterocycles. The first kappa shape index (κ1) is 15.7. The van der Waals surface area contributed by atoms with Gasteiger partial charge < -0.3 is 14.7 Å². The average Bonchev–Trinajstić information content (AvgIpc) is 2.41. The summed E-state index contributed by atoms with van der Waals surface area (Å²) in [6, 6.07) is 0. The van der Waals surface area contributed by atoms with Gasteiger partial charge in [0.2, 0.25) is 5.82 Å². The van der Waals surface area contributed by atoms with Crippen LogP contribution in [0.5, 0.6) is 0 Å². The highest BCUT2D eigenvalue weighted by Crippen LogP contribution is 2.28. The van der Waals surface area contributed by atoms with Crippen LogP contribution in [-0.4, -0.2) is 14.5 Å². The molecule has 0 spiro atoms. The molecule has 5 nitrogen and oxygen atoms in total. The van der Waals surface area contributed by atoms with E-state index in [1.807, 2.05) is 4.57 Å². The summed E-state index contributed by atoms with van der Waals surface area (Å²) < 4.78 is 2.00. The Labute approximate surface area is 115 Å². The molecule has 1 rings (SSSR count). The molecule has 0 amide bonds. The Morgan fingerprint density at radius 1 is 1.16 bits per heavy atom. The lowest BCUT2D eigenvalue weighted by molar-refractivity contribution is -0.390. The largest absolute Gasteiger partial charge is 0.384 e. The van der Waals surface area contributed by atoms with Crippen LogP contribution in [-0.2, 0) is 13.0 Å². The molecule has 0 atom stereocenters. The third kappa shape index (κ3) is 4.33. The van der Waals surface area contributed by atoms with Crippen molar-refractivity contribution in [2.75, 3.05) is 0 Å². The minimum absolute atomic E-state index is 0.0106. The van der Waals surface area contributed by atoms with Gasteiger partial charge in [0, 0.05) is 13.0 Å². The third-order valence-corrected chi connectivity index (χ3v) is 2.77. The number of nitro groups is 1. The van der Waals surface area contributed by atoms with Crippen LogP contribution in [0, 0.1) is 27.9 Å². The predicted molar refractivity (Wildman–Crippen MR) is 76.2 cm³/mol. The van der Waals surface area contributed by atoms with E-state index < -0.39 is 0 Å². The van der Waals surface area contributed by atoms with Gasteiger partial charge in [-0.1, -0.05) is 41.5 Å². The topological polar surface area (TPSA) is 61.0 Å². The highest BCUT2D eigenvalue weighted by molar-refractivity contribution is 5.29. The maximum atomic E-state index is 11.0. The second kappa shape index (κ2) is 4.94. The highest BCUT2D eigenvalue weighted by Gasteiger charge is 2.29. The van der Waals surface area contributed by atoms with Crippen LogP contribution in [0.3, 0.4) is 0 Å². The summed E-state index contributed by atoms with van der Waals surface area (Å²) in [7, 11) is 0. The summed E-state index contributed by atoms with van der Waals surface area (Å²) in [4.78, 5) is 14.9. The van der Waals surface area contributed by atoms with Crippen molar-refractivity contribution >= 4 is 5.82 Å². The number of aromatic nitrogens is 2. The van der Waals surface area contributed by atoms with E-state index in [-0.39, 0.29) is 21.6 Å². The number of imidazole rings is 1. The smallest absolute Gasteiger partial charge is 0.358 e. The minimum Gasteiger partial charge on any atom is -0.358 e. The third-order valence-electron chi connectivity index (χ3n) is 2.77. The zero-order valence-corrected chi connectivity index (χ0v) is 13.1. The number of rotatable bonds is 3. The lowest BCUT2D eigenvalue weighted by Gasteiger charge is -2.22. The fourth-order valence-electron chi connectivity index (χ4n) is 2.04. The molecule has 0 aromatic carbocycles. The van der Waals surface area contributed by atoms with E-state index in [1.165, 1.54) is 0 Å². The van der Waals surface area contributed by atoms with Gasteiger partial charge >= 0.3 is 5.82 Å². The summed E-state index contributed by atoms with van der Waals surface area (Å²) in [6.07, 6.45) is 0.734. The lowest BCUT2D eigenvalue weighted by Crippen LogP contribution is -2.21. The SMILES string of the molecule is Cc1c([N+](=O)[O-])nc(CC(C)(C)C)n1CC(C)(C)C. The van der Waals surface area contributed by atoms with Gasteiger partial charge in [-0.05, 0) is 27.7 Å². The first-order valence-electron chi connectivity index (χ1n) is 6.61. The molecule has 0 aliphatic heterocycles. The van der Waals surface area contributed by atoms with E-state index in [4.69, 9.17) is 0 Å². The molecule has 108 valence electrons. The molecular formula is C14H25N3O2. The second-order valence-corrected chi connectivity index (χ2v) is 7.58. The van der Waals surface area contributed by atoms with Gasteiger partial charge in [-0.3, -0.25) is 0 Å². The van der Waals surface area contributed by atoms with Crippen molar-refractivity contribution in [3.8, 4) is 0 Å². The molecule has 0 unspecified atom stereocenters. The molecule has 0 bridgehead atoms. The minimum atomic E-state index is -0.388. The zero-order valence-electron chi connectivity index (χ0n) is 13.1. The molecule has 1 heterocycles. The van der Waals surface area contributed by atoms with Crippen LogP contribution in [0.4, 0.5) is 5.82 Å². The normalized spacial score (nSPS) is 12.8. The van der Waals surface area contributed by atoms with Crippen molar-refractivity contribution in [2.24, 2.45) is 10.8 Å². The molecule has 0 saturated carbocycles. The molecule has 0 aliphatic rings. The predicted octanol–water partition coefficient (Wildman–Crippen LogP) is 3.73. The van der Waals surface area contributed by atoms with Crippen LogP contribution in [0.25, 0.3) is 0 Å². The van der Waals surface area contributed by atoms with Gasteiger partial charge in [0.1, 0.15) is 5.69 Å². The van der Waals surface area contributed by atoms with E-state index >= 15 is 0 Å². The van der Waals surface area contributed by atoms with Crippen molar-refractivity contribution in [3.63, 3.8) is 0 Å². The highest BCUT2D eigenvalue weighted by atomic mass is 16.6. The molecule has 19 heavy (non-hydrogen) atoms. The molecule has 0 fully saturated rings. The lowest BCUT2D eigenvalue weighted by atomic mass is 9.91. The van der Waals surface area contributed by atoms with Crippen LogP contribution in [0.15, 0.2) is 0 Å². The van der Waals surface area contributed by atoms with E-state index in [0.717, 1.165) is 18.8 Å². The Balaban J connectivity index is 3.27. The fraction of sp³-hybridized carbons (Fsp3) is 0.786. The van der Waals surface area contributed by atoms with E-state index in [2.05, 4.69) is 46.5 Å². The summed E-state index contributed by atoms with van der Waals surface area (Å²) in [6.45, 7) is 15.2. The van der Waals surface area contributed by atoms with Crippen molar-refractivity contribution in [3.05, 3.63) is 21.6 Å². The molecule has 0 N–H and O–H groups in total. The monoisotopic (exact) mass is 267 g/mol. The standard InChI is InChI=1S/C14H25N3O2/c1-10-12(17(18)19)15-11(8-13(2,3)4)16(10)9-14(5,6)7/h8-9H2,1-7H3. The summed E-state index contributed by atoms with van der Waals surface area (Å²) in [5, 5.41) is 11.0. The second-order valence-electron chi connectivity index (χ2n) is 7.58. The van der Waals surface area contributed by atoms with Gasteiger partial charge in [-0.25, -0.2) is 0 Å². The van der Waals surface area contributed by atoms with Crippen molar-refractivity contribution in [1.29, 1.82) is 0 Å². The summed E-state index contributed by atoms with van der Waals surface area (Å²) in [5.41, 5.74) is 0.770. The van der Waals surface area contributed by atoms with Crippen LogP contribution in [0.2, 0.25) is 0 Å². The Morgan fingerprint density at radius 2 is 1.68 bits per heavy atom. The maximum Gasteiger partial charge on any atom is 0.384 e. The number of nitrogens with zero attached hydrogens (tertiary/aromatic N) is 3. The molecule has 0 radical (unpaired) electrons. The number of hydrogen-bond acceptors (Lipinski definition) is 3. The van der Waals surface area contributed by atoms with E-state index in [1.54, 1.807) is 6.92 Å². The Bertz CT molecular complexity index is 476. The molecule has 5 heteroatoms. The maximum absolute atomic E-state index is 11.0. The number of hydrogen-bond donors (Lipinski definition) is 0. The molecular weight excluding hydrogens is 242 g/mol. The zero-order chi connectivity index (χ0) is 15.0. The van der Waals surface area contributed by atoms with Crippen LogP contribution in [0.1, 0.15) is 53.1 Å². The molecule has 0 aliphatic carbocycles. The average molecular weight is 267 g/mol. The van der Waals surface area contributed by atoms with Gasteiger partial charge in [0.05, 0.1) is 0 Å². The Morgan fingerprint density at radius 3 is 2.05 bits per heavy atom. The van der Waals surface area contributed by atoms with Gasteiger partial charge in [0.25, 0.3) is 0 Å². The van der Waals surface area contributed by atoms with Gasteiger partial charge in [0.15, 0.2) is 0 Å². The first-order valence-corrected chi connectivity index (χ1v) is 6.61.